The van der Waals surface area contributed by atoms with Crippen LogP contribution in [0.25, 0.3) is 11.4 Å². The van der Waals surface area contributed by atoms with Gasteiger partial charge in [-0.05, 0) is 12.1 Å². The third kappa shape index (κ3) is 4.59. The second-order valence-electron chi connectivity index (χ2n) is 5.64. The first-order valence-electron chi connectivity index (χ1n) is 7.90. The van der Waals surface area contributed by atoms with Crippen LogP contribution in [0.15, 0.2) is 51.9 Å². The van der Waals surface area contributed by atoms with E-state index >= 15 is 0 Å². The third-order valence-corrected chi connectivity index (χ3v) is 3.73. The van der Waals surface area contributed by atoms with Gasteiger partial charge in [0.1, 0.15) is 5.82 Å². The number of aromatic nitrogens is 3. The lowest BCUT2D eigenvalue weighted by Crippen LogP contribution is -2.26. The van der Waals surface area contributed by atoms with E-state index in [2.05, 4.69) is 20.0 Å². The molecule has 0 unspecified atom stereocenters. The van der Waals surface area contributed by atoms with Gasteiger partial charge in [-0.2, -0.15) is 18.2 Å². The summed E-state index contributed by atoms with van der Waals surface area (Å²) in [5, 5.41) is 6.26. The molecule has 142 valence electrons. The summed E-state index contributed by atoms with van der Waals surface area (Å²) in [7, 11) is 0. The molecular weight excluding hydrogens is 368 g/mol. The predicted octanol–water partition coefficient (Wildman–Crippen LogP) is 2.85. The fourth-order valence-corrected chi connectivity index (χ4v) is 2.35. The van der Waals surface area contributed by atoms with Crippen molar-refractivity contribution in [2.75, 3.05) is 6.54 Å². The molecule has 0 spiro atoms. The van der Waals surface area contributed by atoms with E-state index in [0.717, 1.165) is 6.07 Å². The summed E-state index contributed by atoms with van der Waals surface area (Å²) >= 11 is 0. The molecule has 0 atom stereocenters. The van der Waals surface area contributed by atoms with E-state index in [1.165, 1.54) is 22.9 Å². The van der Waals surface area contributed by atoms with E-state index in [9.17, 15) is 22.4 Å². The van der Waals surface area contributed by atoms with Crippen LogP contribution in [0, 0.1) is 5.82 Å². The van der Waals surface area contributed by atoms with Crippen LogP contribution in [0.5, 0.6) is 0 Å². The molecule has 0 aliphatic heterocycles. The van der Waals surface area contributed by atoms with Gasteiger partial charge in [0, 0.05) is 43.0 Å². The first-order valence-corrected chi connectivity index (χ1v) is 7.90. The number of hydrogen-bond acceptors (Lipinski definition) is 5. The number of nitrogens with zero attached hydrogens (tertiary/aromatic N) is 3. The van der Waals surface area contributed by atoms with Gasteiger partial charge >= 0.3 is 12.1 Å². The number of benzene rings is 1. The summed E-state index contributed by atoms with van der Waals surface area (Å²) in [6.07, 6.45) is -3.32. The van der Waals surface area contributed by atoms with Gasteiger partial charge in [-0.1, -0.05) is 23.4 Å². The van der Waals surface area contributed by atoms with E-state index in [-0.39, 0.29) is 17.2 Å². The Bertz CT molecular complexity index is 981. The molecule has 3 rings (SSSR count). The minimum atomic E-state index is -4.75. The van der Waals surface area contributed by atoms with Crippen molar-refractivity contribution in [1.82, 2.24) is 20.0 Å². The second kappa shape index (κ2) is 7.70. The van der Waals surface area contributed by atoms with Crippen LogP contribution in [-0.4, -0.2) is 21.3 Å². The topological polar surface area (TPSA) is 73.0 Å². The maximum absolute atomic E-state index is 13.5. The highest BCUT2D eigenvalue weighted by atomic mass is 19.4. The van der Waals surface area contributed by atoms with Crippen molar-refractivity contribution in [3.05, 3.63) is 70.2 Å². The average Bonchev–Trinajstić information content (AvgIpc) is 3.12. The van der Waals surface area contributed by atoms with E-state index in [1.807, 2.05) is 0 Å². The highest BCUT2D eigenvalue weighted by molar-refractivity contribution is 5.52. The van der Waals surface area contributed by atoms with Crippen LogP contribution in [0.1, 0.15) is 11.5 Å². The van der Waals surface area contributed by atoms with Gasteiger partial charge < -0.3 is 14.4 Å². The van der Waals surface area contributed by atoms with E-state index < -0.39 is 17.6 Å². The minimum Gasteiger partial charge on any atom is -0.329 e. The smallest absolute Gasteiger partial charge is 0.329 e. The van der Waals surface area contributed by atoms with E-state index in [4.69, 9.17) is 0 Å². The van der Waals surface area contributed by atoms with Gasteiger partial charge in [-0.25, -0.2) is 4.39 Å². The van der Waals surface area contributed by atoms with Gasteiger partial charge in [0.05, 0.1) is 0 Å². The van der Waals surface area contributed by atoms with Crippen LogP contribution in [-0.2, 0) is 19.3 Å². The Morgan fingerprint density at radius 3 is 2.63 bits per heavy atom. The highest BCUT2D eigenvalue weighted by Gasteiger charge is 2.38. The molecule has 3 aromatic rings. The SMILES string of the molecule is O=c1cc(-c2noc(C(F)(F)F)n2)ccn1CCNCc1ccccc1F. The number of alkyl halides is 3. The van der Waals surface area contributed by atoms with Crippen LogP contribution in [0.4, 0.5) is 17.6 Å². The third-order valence-electron chi connectivity index (χ3n) is 3.73. The van der Waals surface area contributed by atoms with Gasteiger partial charge in [0.15, 0.2) is 0 Å². The molecular formula is C17H14F4N4O2. The predicted molar refractivity (Wildman–Crippen MR) is 87.1 cm³/mol. The van der Waals surface area contributed by atoms with Crippen LogP contribution in [0.3, 0.4) is 0 Å². The van der Waals surface area contributed by atoms with Crippen molar-refractivity contribution in [3.63, 3.8) is 0 Å². The zero-order valence-electron chi connectivity index (χ0n) is 13.8. The van der Waals surface area contributed by atoms with Crippen molar-refractivity contribution in [1.29, 1.82) is 0 Å². The maximum Gasteiger partial charge on any atom is 0.471 e. The zero-order valence-corrected chi connectivity index (χ0v) is 13.8. The lowest BCUT2D eigenvalue weighted by molar-refractivity contribution is -0.159. The Hall–Kier alpha value is -3.01. The van der Waals surface area contributed by atoms with Crippen LogP contribution in [0.2, 0.25) is 0 Å². The molecule has 0 bridgehead atoms. The molecule has 27 heavy (non-hydrogen) atoms. The Labute approximate surface area is 150 Å². The zero-order chi connectivity index (χ0) is 19.4. The molecule has 0 aliphatic carbocycles. The van der Waals surface area contributed by atoms with Crippen molar-refractivity contribution in [2.45, 2.75) is 19.3 Å². The molecule has 1 N–H and O–H groups in total. The van der Waals surface area contributed by atoms with Crippen molar-refractivity contribution in [2.24, 2.45) is 0 Å². The first-order chi connectivity index (χ1) is 12.8. The Morgan fingerprint density at radius 2 is 1.96 bits per heavy atom. The normalized spacial score (nSPS) is 11.7. The summed E-state index contributed by atoms with van der Waals surface area (Å²) in [6.45, 7) is 1.00. The fourth-order valence-electron chi connectivity index (χ4n) is 2.35. The number of hydrogen-bond donors (Lipinski definition) is 1. The number of nitrogens with one attached hydrogen (secondary N) is 1. The summed E-state index contributed by atoms with van der Waals surface area (Å²) in [4.78, 5) is 15.3. The molecule has 0 aliphatic rings. The molecule has 1 aromatic carbocycles. The van der Waals surface area contributed by atoms with Gasteiger partial charge in [-0.15, -0.1) is 0 Å². The molecule has 0 radical (unpaired) electrons. The number of halogens is 4. The molecule has 0 fully saturated rings. The van der Waals surface area contributed by atoms with Crippen molar-refractivity contribution < 1.29 is 22.1 Å². The lowest BCUT2D eigenvalue weighted by Gasteiger charge is -2.08. The molecule has 6 nitrogen and oxygen atoms in total. The van der Waals surface area contributed by atoms with Crippen molar-refractivity contribution >= 4 is 0 Å². The van der Waals surface area contributed by atoms with Crippen LogP contribution < -0.4 is 10.9 Å². The molecule has 10 heteroatoms. The molecule has 0 saturated carbocycles. The largest absolute Gasteiger partial charge is 0.471 e. The summed E-state index contributed by atoms with van der Waals surface area (Å²) in [6, 6.07) is 8.89. The maximum atomic E-state index is 13.5. The quantitative estimate of drug-likeness (QED) is 0.524. The number of rotatable bonds is 6. The first kappa shape index (κ1) is 18.8. The standard InChI is InChI=1S/C17H14F4N4O2/c18-13-4-2-1-3-12(13)10-22-6-8-25-7-5-11(9-14(25)26)15-23-16(27-24-15)17(19,20)21/h1-5,7,9,22H,6,8,10H2. The fraction of sp³-hybridized carbons (Fsp3) is 0.235. The van der Waals surface area contributed by atoms with Crippen molar-refractivity contribution in [3.8, 4) is 11.4 Å². The van der Waals surface area contributed by atoms with Gasteiger partial charge in [-0.3, -0.25) is 4.79 Å². The lowest BCUT2D eigenvalue weighted by atomic mass is 10.2. The van der Waals surface area contributed by atoms with E-state index in [1.54, 1.807) is 18.2 Å². The average molecular weight is 382 g/mol. The van der Waals surface area contributed by atoms with Gasteiger partial charge in [0.25, 0.3) is 5.56 Å². The number of pyridine rings is 1. The van der Waals surface area contributed by atoms with E-state index in [0.29, 0.717) is 25.2 Å². The molecule has 0 amide bonds. The Balaban J connectivity index is 1.61. The summed E-state index contributed by atoms with van der Waals surface area (Å²) in [5.74, 6) is -2.10. The monoisotopic (exact) mass is 382 g/mol. The Kier molecular flexibility index (Phi) is 5.36. The Morgan fingerprint density at radius 1 is 1.19 bits per heavy atom. The molecule has 2 heterocycles. The minimum absolute atomic E-state index is 0.120. The van der Waals surface area contributed by atoms with Gasteiger partial charge in [0.2, 0.25) is 5.82 Å². The molecule has 0 saturated heterocycles. The highest BCUT2D eigenvalue weighted by Crippen LogP contribution is 2.28. The molecule has 2 aromatic heterocycles. The second-order valence-corrected chi connectivity index (χ2v) is 5.64. The van der Waals surface area contributed by atoms with Crippen LogP contribution >= 0.6 is 0 Å². The summed E-state index contributed by atoms with van der Waals surface area (Å²) in [5.41, 5.74) is 0.200. The summed E-state index contributed by atoms with van der Waals surface area (Å²) < 4.78 is 56.5.